The molecule has 8 fully saturated rings. The molecule has 0 atom stereocenters. The second-order valence-corrected chi connectivity index (χ2v) is 15.6. The molecule has 2 aromatic carbocycles. The summed E-state index contributed by atoms with van der Waals surface area (Å²) in [5, 5.41) is 11.2. The number of aliphatic imine (C=N–C) groups is 1. The topological polar surface area (TPSA) is 87.5 Å². The number of H-pyrrole nitrogens is 1. The van der Waals surface area contributed by atoms with Gasteiger partial charge in [0.15, 0.2) is 0 Å². The van der Waals surface area contributed by atoms with Gasteiger partial charge in [0, 0.05) is 6.21 Å². The Hall–Kier alpha value is -3.41. The normalized spacial score (nSPS) is 37.0. The van der Waals surface area contributed by atoms with Gasteiger partial charge in [-0.3, -0.25) is 14.8 Å². The van der Waals surface area contributed by atoms with Gasteiger partial charge in [0.1, 0.15) is 5.56 Å². The van der Waals surface area contributed by atoms with Gasteiger partial charge in [-0.1, -0.05) is 24.3 Å². The fraction of sp³-hybridized carbons (Fsp3) is 0.541. The fourth-order valence-electron chi connectivity index (χ4n) is 11.8. The molecule has 2 N–H and O–H groups in total. The average Bonchev–Trinajstić information content (AvgIpc) is 2.96. The van der Waals surface area contributed by atoms with E-state index in [4.69, 9.17) is 0 Å². The van der Waals surface area contributed by atoms with E-state index in [0.717, 1.165) is 41.2 Å². The Morgan fingerprint density at radius 3 is 1.53 bits per heavy atom. The van der Waals surface area contributed by atoms with Crippen LogP contribution in [0.2, 0.25) is 0 Å². The number of hydrogen-bond donors (Lipinski definition) is 2. The Bertz CT molecular complexity index is 1660. The Kier molecular flexibility index (Phi) is 5.63. The number of hydrogen-bond acceptors (Lipinski definition) is 4. The summed E-state index contributed by atoms with van der Waals surface area (Å²) >= 11 is 0. The summed E-state index contributed by atoms with van der Waals surface area (Å²) in [7, 11) is 0. The van der Waals surface area contributed by atoms with Gasteiger partial charge in [0.2, 0.25) is 5.88 Å². The Labute approximate surface area is 252 Å². The van der Waals surface area contributed by atoms with Crippen molar-refractivity contribution in [1.29, 1.82) is 0 Å². The lowest BCUT2D eigenvalue weighted by Crippen LogP contribution is -2.48. The number of aromatic hydroxyl groups is 1. The van der Waals surface area contributed by atoms with Crippen LogP contribution in [-0.2, 0) is 10.8 Å². The maximum absolute atomic E-state index is 12.9. The smallest absolute Gasteiger partial charge is 0.335 e. The van der Waals surface area contributed by atoms with Gasteiger partial charge < -0.3 is 5.11 Å². The van der Waals surface area contributed by atoms with Gasteiger partial charge in [-0.2, -0.15) is 0 Å². The van der Waals surface area contributed by atoms with Crippen LogP contribution in [0.5, 0.6) is 5.88 Å². The van der Waals surface area contributed by atoms with Crippen molar-refractivity contribution in [3.05, 3.63) is 86.1 Å². The summed E-state index contributed by atoms with van der Waals surface area (Å²) < 4.78 is 1.18. The number of nitrogens with one attached hydrogen (secondary N) is 1. The Morgan fingerprint density at radius 2 is 1.09 bits per heavy atom. The predicted octanol–water partition coefficient (Wildman–Crippen LogP) is 6.92. The van der Waals surface area contributed by atoms with Crippen LogP contribution in [0.1, 0.15) is 93.7 Å². The van der Waals surface area contributed by atoms with Gasteiger partial charge in [0.25, 0.3) is 5.56 Å². The molecule has 8 aliphatic carbocycles. The summed E-state index contributed by atoms with van der Waals surface area (Å²) in [6, 6.07) is 16.6. The minimum atomic E-state index is -0.651. The van der Waals surface area contributed by atoms with Crippen LogP contribution in [0.4, 0.5) is 5.69 Å². The van der Waals surface area contributed by atoms with Crippen molar-refractivity contribution in [3.63, 3.8) is 0 Å². The van der Waals surface area contributed by atoms with Crippen LogP contribution in [0, 0.1) is 35.5 Å². The number of aromatic nitrogens is 2. The first kappa shape index (κ1) is 26.0. The SMILES string of the molecule is O=c1[nH]c(=O)n(-c2ccc(C34CC5CC(CC(C5)C3)C4)cc2)c(O)c1C=Nc1ccc(C23CC4CC(CC(C4)C2)C3)cc1. The van der Waals surface area contributed by atoms with E-state index in [0.29, 0.717) is 11.1 Å². The van der Waals surface area contributed by atoms with Crippen molar-refractivity contribution in [2.24, 2.45) is 40.5 Å². The minimum absolute atomic E-state index is 0.0186. The summed E-state index contributed by atoms with van der Waals surface area (Å²) in [6.07, 6.45) is 17.6. The first-order chi connectivity index (χ1) is 20.8. The van der Waals surface area contributed by atoms with E-state index in [1.165, 1.54) is 99.0 Å². The molecular formula is C37H41N3O3. The van der Waals surface area contributed by atoms with Gasteiger partial charge >= 0.3 is 5.69 Å². The zero-order chi connectivity index (χ0) is 28.9. The van der Waals surface area contributed by atoms with Crippen LogP contribution in [0.15, 0.2) is 63.1 Å². The summed E-state index contributed by atoms with van der Waals surface area (Å²) in [4.78, 5) is 32.6. The average molecular weight is 576 g/mol. The largest absolute Gasteiger partial charge is 0.493 e. The standard InChI is InChI=1S/C37H41N3O3/c41-33-32(21-38-30-5-1-28(2-6-30)36-15-22-9-23(16-36)11-24(10-22)17-36)34(42)40(35(43)39-33)31-7-3-29(4-8-31)37-18-25-12-26(19-37)14-27(13-25)20-37/h1-8,21-27,42H,9-20H2,(H,39,41,43). The van der Waals surface area contributed by atoms with E-state index in [1.54, 1.807) is 0 Å². The molecule has 11 rings (SSSR count). The van der Waals surface area contributed by atoms with Crippen LogP contribution in [0.25, 0.3) is 5.69 Å². The molecule has 3 aromatic rings. The highest BCUT2D eigenvalue weighted by molar-refractivity contribution is 5.84. The molecule has 0 aliphatic heterocycles. The highest BCUT2D eigenvalue weighted by Crippen LogP contribution is 2.62. The lowest BCUT2D eigenvalue weighted by Gasteiger charge is -2.57. The zero-order valence-corrected chi connectivity index (χ0v) is 24.8. The molecule has 0 unspecified atom stereocenters. The third kappa shape index (κ3) is 4.15. The molecule has 1 heterocycles. The summed E-state index contributed by atoms with van der Waals surface area (Å²) in [5.74, 6) is 4.85. The first-order valence-electron chi connectivity index (χ1n) is 16.7. The van der Waals surface area contributed by atoms with E-state index >= 15 is 0 Å². The van der Waals surface area contributed by atoms with E-state index in [1.807, 2.05) is 24.3 Å². The molecule has 0 amide bonds. The van der Waals surface area contributed by atoms with Crippen LogP contribution < -0.4 is 11.2 Å². The quantitative estimate of drug-likeness (QED) is 0.324. The van der Waals surface area contributed by atoms with Crippen molar-refractivity contribution >= 4 is 11.9 Å². The summed E-state index contributed by atoms with van der Waals surface area (Å²) in [6.45, 7) is 0. The molecule has 6 nitrogen and oxygen atoms in total. The Balaban J connectivity index is 0.981. The molecule has 0 saturated heterocycles. The number of benzene rings is 2. The summed E-state index contributed by atoms with van der Waals surface area (Å²) in [5.41, 5.74) is 3.33. The van der Waals surface area contributed by atoms with E-state index in [2.05, 4.69) is 34.2 Å². The van der Waals surface area contributed by atoms with Crippen LogP contribution in [-0.4, -0.2) is 20.9 Å². The number of nitrogens with zero attached hydrogens (tertiary/aromatic N) is 2. The van der Waals surface area contributed by atoms with Gasteiger partial charge in [-0.05, 0) is 159 Å². The number of aromatic amines is 1. The van der Waals surface area contributed by atoms with Crippen LogP contribution in [0.3, 0.4) is 0 Å². The van der Waals surface area contributed by atoms with E-state index in [-0.39, 0.29) is 16.9 Å². The van der Waals surface area contributed by atoms with Crippen molar-refractivity contribution in [3.8, 4) is 11.6 Å². The van der Waals surface area contributed by atoms with Gasteiger partial charge in [0.05, 0.1) is 11.4 Å². The van der Waals surface area contributed by atoms with Gasteiger partial charge in [-0.15, -0.1) is 0 Å². The molecular weight excluding hydrogens is 534 g/mol. The second-order valence-electron chi connectivity index (χ2n) is 15.6. The molecule has 0 radical (unpaired) electrons. The highest BCUT2D eigenvalue weighted by atomic mass is 16.3. The van der Waals surface area contributed by atoms with Crippen molar-refractivity contribution < 1.29 is 5.11 Å². The van der Waals surface area contributed by atoms with E-state index in [9.17, 15) is 14.7 Å². The third-order valence-electron chi connectivity index (χ3n) is 12.8. The van der Waals surface area contributed by atoms with Crippen molar-refractivity contribution in [2.45, 2.75) is 87.9 Å². The van der Waals surface area contributed by atoms with E-state index < -0.39 is 11.2 Å². The minimum Gasteiger partial charge on any atom is -0.493 e. The lowest BCUT2D eigenvalue weighted by atomic mass is 9.48. The predicted molar refractivity (Wildman–Crippen MR) is 168 cm³/mol. The first-order valence-corrected chi connectivity index (χ1v) is 16.7. The maximum Gasteiger partial charge on any atom is 0.335 e. The van der Waals surface area contributed by atoms with Crippen molar-refractivity contribution in [2.75, 3.05) is 0 Å². The fourth-order valence-corrected chi connectivity index (χ4v) is 11.8. The maximum atomic E-state index is 12.9. The van der Waals surface area contributed by atoms with Crippen LogP contribution >= 0.6 is 0 Å². The molecule has 1 aromatic heterocycles. The van der Waals surface area contributed by atoms with Gasteiger partial charge in [-0.25, -0.2) is 9.36 Å². The molecule has 8 aliphatic rings. The molecule has 222 valence electrons. The molecule has 0 spiro atoms. The zero-order valence-electron chi connectivity index (χ0n) is 24.8. The number of rotatable bonds is 5. The van der Waals surface area contributed by atoms with Crippen molar-refractivity contribution in [1.82, 2.24) is 9.55 Å². The second kappa shape index (κ2) is 9.30. The lowest BCUT2D eigenvalue weighted by molar-refractivity contribution is -0.00530. The Morgan fingerprint density at radius 1 is 0.674 bits per heavy atom. The monoisotopic (exact) mass is 575 g/mol. The molecule has 43 heavy (non-hydrogen) atoms. The highest BCUT2D eigenvalue weighted by Gasteiger charge is 2.52. The molecule has 6 heteroatoms. The third-order valence-corrected chi connectivity index (χ3v) is 12.8. The molecule has 8 bridgehead atoms. The molecule has 8 saturated carbocycles.